The van der Waals surface area contributed by atoms with Gasteiger partial charge in [0.1, 0.15) is 29.1 Å². The molecule has 2 aromatic rings. The minimum absolute atomic E-state index is 0.0162. The van der Waals surface area contributed by atoms with Gasteiger partial charge in [-0.05, 0) is 49.9 Å². The first-order chi connectivity index (χ1) is 19.0. The van der Waals surface area contributed by atoms with Gasteiger partial charge in [-0.3, -0.25) is 14.4 Å². The molecule has 1 unspecified atom stereocenters. The van der Waals surface area contributed by atoms with Crippen molar-refractivity contribution < 1.29 is 28.6 Å². The lowest BCUT2D eigenvalue weighted by atomic mass is 9.85. The molecule has 3 heterocycles. The number of carbonyl (C=O) groups is 3. The molecule has 0 aliphatic carbocycles. The van der Waals surface area contributed by atoms with Gasteiger partial charge in [0.15, 0.2) is 0 Å². The van der Waals surface area contributed by atoms with Gasteiger partial charge >= 0.3 is 0 Å². The maximum Gasteiger partial charge on any atom is 0.261 e. The van der Waals surface area contributed by atoms with Crippen molar-refractivity contribution in [3.63, 3.8) is 0 Å². The number of hydrogen-bond donors (Lipinski definition) is 1. The van der Waals surface area contributed by atoms with Gasteiger partial charge in [0.25, 0.3) is 11.8 Å². The zero-order valence-electron chi connectivity index (χ0n) is 22.6. The molecule has 3 saturated heterocycles. The highest BCUT2D eigenvalue weighted by Gasteiger charge is 2.54. The third-order valence-corrected chi connectivity index (χ3v) is 7.99. The zero-order chi connectivity index (χ0) is 27.4. The van der Waals surface area contributed by atoms with E-state index in [0.29, 0.717) is 56.2 Å². The van der Waals surface area contributed by atoms with Crippen LogP contribution in [0.25, 0.3) is 0 Å². The number of amides is 3. The molecule has 0 radical (unpaired) electrons. The summed E-state index contributed by atoms with van der Waals surface area (Å²) in [5.41, 5.74) is 0.456. The van der Waals surface area contributed by atoms with Crippen LogP contribution in [0.5, 0.6) is 11.5 Å². The largest absolute Gasteiger partial charge is 0.496 e. The molecule has 1 spiro atoms. The molecule has 3 amide bonds. The normalized spacial score (nSPS) is 20.4. The molecule has 208 valence electrons. The first-order valence-electron chi connectivity index (χ1n) is 13.5. The Balaban J connectivity index is 1.32. The second-order valence-electron chi connectivity index (χ2n) is 10.2. The predicted octanol–water partition coefficient (Wildman–Crippen LogP) is 2.28. The number of carbonyl (C=O) groups excluding carboxylic acids is 3. The maximum atomic E-state index is 13.9. The van der Waals surface area contributed by atoms with E-state index < -0.39 is 5.54 Å². The molecule has 5 rings (SSSR count). The van der Waals surface area contributed by atoms with Gasteiger partial charge in [-0.15, -0.1) is 0 Å². The first-order valence-corrected chi connectivity index (χ1v) is 13.5. The SMILES string of the molecule is COc1cccc(OC)c1C(=O)N1CCC2(CC1)C(=O)N(CC(=O)NCC1CCCO1)CN2c1ccccc1. The Kier molecular flexibility index (Phi) is 7.92. The summed E-state index contributed by atoms with van der Waals surface area (Å²) in [6.07, 6.45) is 2.86. The molecular formula is C29H36N4O6. The number of nitrogens with one attached hydrogen (secondary N) is 1. The monoisotopic (exact) mass is 536 g/mol. The predicted molar refractivity (Wildman–Crippen MR) is 145 cm³/mol. The summed E-state index contributed by atoms with van der Waals surface area (Å²) < 4.78 is 16.5. The smallest absolute Gasteiger partial charge is 0.261 e. The number of anilines is 1. The van der Waals surface area contributed by atoms with Gasteiger partial charge in [0.2, 0.25) is 5.91 Å². The Morgan fingerprint density at radius 1 is 1.03 bits per heavy atom. The zero-order valence-corrected chi connectivity index (χ0v) is 22.6. The fraction of sp³-hybridized carbons (Fsp3) is 0.483. The average Bonchev–Trinajstić information content (AvgIpc) is 3.59. The van der Waals surface area contributed by atoms with Crippen LogP contribution in [0.2, 0.25) is 0 Å². The van der Waals surface area contributed by atoms with Gasteiger partial charge in [-0.2, -0.15) is 0 Å². The van der Waals surface area contributed by atoms with E-state index in [0.717, 1.165) is 25.1 Å². The number of ether oxygens (including phenoxy) is 3. The molecule has 0 aromatic heterocycles. The molecule has 3 fully saturated rings. The third-order valence-electron chi connectivity index (χ3n) is 7.99. The number of likely N-dealkylation sites (tertiary alicyclic amines) is 1. The van der Waals surface area contributed by atoms with Crippen LogP contribution in [0.3, 0.4) is 0 Å². The van der Waals surface area contributed by atoms with Crippen molar-refractivity contribution in [1.29, 1.82) is 0 Å². The van der Waals surface area contributed by atoms with Crippen molar-refractivity contribution in [3.8, 4) is 11.5 Å². The number of rotatable bonds is 8. The minimum atomic E-state index is -0.835. The Morgan fingerprint density at radius 2 is 1.72 bits per heavy atom. The Hall–Kier alpha value is -3.79. The summed E-state index contributed by atoms with van der Waals surface area (Å²) in [6.45, 7) is 2.24. The minimum Gasteiger partial charge on any atom is -0.496 e. The average molecular weight is 537 g/mol. The summed E-state index contributed by atoms with van der Waals surface area (Å²) in [5, 5.41) is 2.93. The van der Waals surface area contributed by atoms with E-state index in [1.807, 2.05) is 30.3 Å². The molecule has 1 N–H and O–H groups in total. The maximum absolute atomic E-state index is 13.9. The van der Waals surface area contributed by atoms with Gasteiger partial charge in [0.05, 0.1) is 27.0 Å². The number of nitrogens with zero attached hydrogens (tertiary/aromatic N) is 3. The van der Waals surface area contributed by atoms with E-state index >= 15 is 0 Å². The summed E-state index contributed by atoms with van der Waals surface area (Å²) in [7, 11) is 3.05. The molecular weight excluding hydrogens is 500 g/mol. The highest BCUT2D eigenvalue weighted by molar-refractivity contribution is 6.00. The molecule has 10 heteroatoms. The molecule has 39 heavy (non-hydrogen) atoms. The van der Waals surface area contributed by atoms with E-state index in [-0.39, 0.29) is 30.4 Å². The van der Waals surface area contributed by atoms with Crippen LogP contribution in [-0.4, -0.2) is 92.8 Å². The number of methoxy groups -OCH3 is 2. The Labute approximate surface area is 228 Å². The molecule has 1 atom stereocenters. The van der Waals surface area contributed by atoms with E-state index in [9.17, 15) is 14.4 Å². The van der Waals surface area contributed by atoms with Crippen LogP contribution in [0.1, 0.15) is 36.0 Å². The van der Waals surface area contributed by atoms with E-state index in [1.165, 1.54) is 14.2 Å². The van der Waals surface area contributed by atoms with E-state index in [2.05, 4.69) is 10.2 Å². The summed E-state index contributed by atoms with van der Waals surface area (Å²) >= 11 is 0. The van der Waals surface area contributed by atoms with Crippen LogP contribution in [0.4, 0.5) is 5.69 Å². The lowest BCUT2D eigenvalue weighted by molar-refractivity contribution is -0.137. The molecule has 0 bridgehead atoms. The molecule has 0 saturated carbocycles. The number of para-hydroxylation sites is 1. The second-order valence-corrected chi connectivity index (χ2v) is 10.2. The summed E-state index contributed by atoms with van der Waals surface area (Å²) in [4.78, 5) is 45.8. The van der Waals surface area contributed by atoms with Crippen molar-refractivity contribution >= 4 is 23.4 Å². The van der Waals surface area contributed by atoms with Crippen LogP contribution in [0, 0.1) is 0 Å². The lowest BCUT2D eigenvalue weighted by Gasteiger charge is -2.43. The first kappa shape index (κ1) is 26.8. The van der Waals surface area contributed by atoms with Crippen molar-refractivity contribution in [3.05, 3.63) is 54.1 Å². The van der Waals surface area contributed by atoms with Crippen molar-refractivity contribution in [2.45, 2.75) is 37.3 Å². The van der Waals surface area contributed by atoms with E-state index in [1.54, 1.807) is 28.0 Å². The van der Waals surface area contributed by atoms with Crippen LogP contribution >= 0.6 is 0 Å². The molecule has 3 aliphatic heterocycles. The third kappa shape index (κ3) is 5.25. The fourth-order valence-electron chi connectivity index (χ4n) is 5.88. The highest BCUT2D eigenvalue weighted by atomic mass is 16.5. The number of hydrogen-bond acceptors (Lipinski definition) is 7. The molecule has 10 nitrogen and oxygen atoms in total. The molecule has 2 aromatic carbocycles. The van der Waals surface area contributed by atoms with Gasteiger partial charge in [0, 0.05) is 31.9 Å². The Bertz CT molecular complexity index is 1170. The number of benzene rings is 2. The fourth-order valence-corrected chi connectivity index (χ4v) is 5.88. The quantitative estimate of drug-likeness (QED) is 0.553. The molecule has 3 aliphatic rings. The van der Waals surface area contributed by atoms with Crippen molar-refractivity contribution in [2.75, 3.05) is 58.6 Å². The van der Waals surface area contributed by atoms with Crippen LogP contribution in [-0.2, 0) is 14.3 Å². The topological polar surface area (TPSA) is 101 Å². The van der Waals surface area contributed by atoms with Gasteiger partial charge in [-0.25, -0.2) is 0 Å². The van der Waals surface area contributed by atoms with Gasteiger partial charge in [-0.1, -0.05) is 24.3 Å². The lowest BCUT2D eigenvalue weighted by Crippen LogP contribution is -2.57. The van der Waals surface area contributed by atoms with Crippen molar-refractivity contribution in [2.24, 2.45) is 0 Å². The number of piperidine rings is 1. The van der Waals surface area contributed by atoms with Gasteiger partial charge < -0.3 is 34.2 Å². The summed E-state index contributed by atoms with van der Waals surface area (Å²) in [5.74, 6) is 0.423. The van der Waals surface area contributed by atoms with Crippen molar-refractivity contribution in [1.82, 2.24) is 15.1 Å². The summed E-state index contributed by atoms with van der Waals surface area (Å²) in [6, 6.07) is 15.0. The highest BCUT2D eigenvalue weighted by Crippen LogP contribution is 2.40. The van der Waals surface area contributed by atoms with Crippen LogP contribution < -0.4 is 19.7 Å². The second kappa shape index (κ2) is 11.5. The standard InChI is InChI=1S/C29H36N4O6/c1-37-23-11-6-12-24(38-2)26(23)27(35)31-15-13-29(14-16-31)28(36)32(20-33(29)21-8-4-3-5-9-21)19-25(34)30-18-22-10-7-17-39-22/h3-6,8-9,11-12,22H,7,10,13-20H2,1-2H3,(H,30,34). The van der Waals surface area contributed by atoms with E-state index in [4.69, 9.17) is 14.2 Å². The Morgan fingerprint density at radius 3 is 2.33 bits per heavy atom. The van der Waals surface area contributed by atoms with Crippen LogP contribution in [0.15, 0.2) is 48.5 Å².